The maximum atomic E-state index is 5.85. The number of hydrogen-bond acceptors (Lipinski definition) is 1. The lowest BCUT2D eigenvalue weighted by atomic mass is 10.2. The van der Waals surface area contributed by atoms with E-state index in [1.165, 1.54) is 0 Å². The summed E-state index contributed by atoms with van der Waals surface area (Å²) in [6.07, 6.45) is 1.75. The van der Waals surface area contributed by atoms with Crippen molar-refractivity contribution >= 4 is 50.1 Å². The van der Waals surface area contributed by atoms with Crippen LogP contribution in [0.15, 0.2) is 12.3 Å². The molecule has 0 amide bonds. The number of aromatic nitrogens is 1. The SMILES string of the molecule is CC(Br)c1cc(I)cnc1Cl. The molecule has 0 saturated heterocycles. The van der Waals surface area contributed by atoms with Gasteiger partial charge in [-0.15, -0.1) is 0 Å². The summed E-state index contributed by atoms with van der Waals surface area (Å²) in [5, 5.41) is 0.579. The van der Waals surface area contributed by atoms with Crippen molar-refractivity contribution in [1.29, 1.82) is 0 Å². The van der Waals surface area contributed by atoms with Crippen molar-refractivity contribution < 1.29 is 0 Å². The van der Waals surface area contributed by atoms with Crippen LogP contribution in [0, 0.1) is 3.57 Å². The van der Waals surface area contributed by atoms with Crippen molar-refractivity contribution in [1.82, 2.24) is 4.98 Å². The van der Waals surface area contributed by atoms with Crippen LogP contribution < -0.4 is 0 Å². The van der Waals surface area contributed by atoms with Crippen LogP contribution in [0.2, 0.25) is 5.15 Å². The quantitative estimate of drug-likeness (QED) is 0.428. The van der Waals surface area contributed by atoms with E-state index in [1.807, 2.05) is 13.0 Å². The van der Waals surface area contributed by atoms with E-state index in [0.717, 1.165) is 9.13 Å². The molecule has 1 aromatic heterocycles. The highest BCUT2D eigenvalue weighted by atomic mass is 127. The second kappa shape index (κ2) is 4.05. The average molecular weight is 346 g/mol. The van der Waals surface area contributed by atoms with E-state index in [4.69, 9.17) is 11.6 Å². The number of pyridine rings is 1. The fourth-order valence-corrected chi connectivity index (χ4v) is 1.94. The Balaban J connectivity index is 3.13. The normalized spacial score (nSPS) is 13.1. The minimum absolute atomic E-state index is 0.261. The molecule has 4 heteroatoms. The summed E-state index contributed by atoms with van der Waals surface area (Å²) in [4.78, 5) is 4.29. The average Bonchev–Trinajstić information content (AvgIpc) is 1.94. The fourth-order valence-electron chi connectivity index (χ4n) is 0.717. The van der Waals surface area contributed by atoms with Crippen LogP contribution in [0.5, 0.6) is 0 Å². The molecule has 0 aliphatic heterocycles. The molecule has 0 aromatic carbocycles. The van der Waals surface area contributed by atoms with Crippen LogP contribution in [0.3, 0.4) is 0 Å². The molecule has 11 heavy (non-hydrogen) atoms. The first kappa shape index (κ1) is 9.74. The minimum Gasteiger partial charge on any atom is -0.243 e. The van der Waals surface area contributed by atoms with E-state index < -0.39 is 0 Å². The Hall–Kier alpha value is 0.650. The minimum atomic E-state index is 0.261. The first-order valence-corrected chi connectivity index (χ1v) is 5.43. The standard InChI is InChI=1S/C7H6BrClIN/c1-4(8)6-2-5(10)3-11-7(6)9/h2-4H,1H3. The molecule has 0 aliphatic rings. The third kappa shape index (κ3) is 2.56. The predicted octanol–water partition coefficient (Wildman–Crippen LogP) is 3.80. The van der Waals surface area contributed by atoms with E-state index in [2.05, 4.69) is 43.5 Å². The maximum absolute atomic E-state index is 5.85. The fraction of sp³-hybridized carbons (Fsp3) is 0.286. The number of halogens is 3. The first-order valence-electron chi connectivity index (χ1n) is 3.06. The van der Waals surface area contributed by atoms with Gasteiger partial charge in [0.25, 0.3) is 0 Å². The van der Waals surface area contributed by atoms with Gasteiger partial charge in [0.2, 0.25) is 0 Å². The molecule has 0 bridgehead atoms. The van der Waals surface area contributed by atoms with Gasteiger partial charge in [-0.3, -0.25) is 0 Å². The molecular weight excluding hydrogens is 340 g/mol. The lowest BCUT2D eigenvalue weighted by Crippen LogP contribution is -1.89. The summed E-state index contributed by atoms with van der Waals surface area (Å²) in [6.45, 7) is 2.03. The van der Waals surface area contributed by atoms with Crippen molar-refractivity contribution in [3.63, 3.8) is 0 Å². The Morgan fingerprint density at radius 1 is 1.73 bits per heavy atom. The van der Waals surface area contributed by atoms with Gasteiger partial charge in [-0.05, 0) is 35.6 Å². The third-order valence-corrected chi connectivity index (χ3v) is 2.66. The lowest BCUT2D eigenvalue weighted by Gasteiger charge is -2.04. The van der Waals surface area contributed by atoms with Gasteiger partial charge in [-0.1, -0.05) is 27.5 Å². The van der Waals surface area contributed by atoms with Gasteiger partial charge in [0, 0.05) is 20.2 Å². The Morgan fingerprint density at radius 2 is 2.36 bits per heavy atom. The van der Waals surface area contributed by atoms with Gasteiger partial charge in [0.15, 0.2) is 0 Å². The molecule has 0 N–H and O–H groups in total. The Labute approximate surface area is 92.8 Å². The summed E-state index contributed by atoms with van der Waals surface area (Å²) in [7, 11) is 0. The first-order chi connectivity index (χ1) is 5.11. The van der Waals surface area contributed by atoms with Crippen molar-refractivity contribution in [2.45, 2.75) is 11.8 Å². The summed E-state index contributed by atoms with van der Waals surface area (Å²) < 4.78 is 1.10. The highest BCUT2D eigenvalue weighted by Crippen LogP contribution is 2.28. The monoisotopic (exact) mass is 345 g/mol. The smallest absolute Gasteiger partial charge is 0.133 e. The second-order valence-corrected chi connectivity index (χ2v) is 5.13. The largest absolute Gasteiger partial charge is 0.243 e. The van der Waals surface area contributed by atoms with E-state index in [0.29, 0.717) is 5.15 Å². The van der Waals surface area contributed by atoms with Gasteiger partial charge in [0.1, 0.15) is 5.15 Å². The molecule has 0 aliphatic carbocycles. The van der Waals surface area contributed by atoms with Crippen molar-refractivity contribution in [2.24, 2.45) is 0 Å². The molecular formula is C7H6BrClIN. The van der Waals surface area contributed by atoms with E-state index in [9.17, 15) is 0 Å². The van der Waals surface area contributed by atoms with Crippen LogP contribution in [0.4, 0.5) is 0 Å². The molecule has 1 aromatic rings. The van der Waals surface area contributed by atoms with E-state index in [1.54, 1.807) is 6.20 Å². The molecule has 1 heterocycles. The van der Waals surface area contributed by atoms with Gasteiger partial charge >= 0.3 is 0 Å². The van der Waals surface area contributed by atoms with E-state index >= 15 is 0 Å². The van der Waals surface area contributed by atoms with Crippen LogP contribution >= 0.6 is 50.1 Å². The van der Waals surface area contributed by atoms with Gasteiger partial charge < -0.3 is 0 Å². The molecule has 1 rings (SSSR count). The molecule has 0 radical (unpaired) electrons. The Bertz CT molecular complexity index is 265. The summed E-state index contributed by atoms with van der Waals surface area (Å²) in [5.41, 5.74) is 1.04. The van der Waals surface area contributed by atoms with Crippen LogP contribution in [-0.4, -0.2) is 4.98 Å². The van der Waals surface area contributed by atoms with Crippen molar-refractivity contribution in [3.8, 4) is 0 Å². The van der Waals surface area contributed by atoms with Gasteiger partial charge in [-0.25, -0.2) is 4.98 Å². The van der Waals surface area contributed by atoms with Crippen molar-refractivity contribution in [3.05, 3.63) is 26.5 Å². The zero-order chi connectivity index (χ0) is 8.43. The van der Waals surface area contributed by atoms with Crippen LogP contribution in [0.1, 0.15) is 17.3 Å². The Kier molecular flexibility index (Phi) is 3.58. The zero-order valence-corrected chi connectivity index (χ0v) is 10.3. The predicted molar refractivity (Wildman–Crippen MR) is 59.3 cm³/mol. The molecule has 1 nitrogen and oxygen atoms in total. The molecule has 0 saturated carbocycles. The van der Waals surface area contributed by atoms with Gasteiger partial charge in [-0.2, -0.15) is 0 Å². The van der Waals surface area contributed by atoms with Crippen molar-refractivity contribution in [2.75, 3.05) is 0 Å². The number of alkyl halides is 1. The lowest BCUT2D eigenvalue weighted by molar-refractivity contribution is 1.08. The maximum Gasteiger partial charge on any atom is 0.133 e. The van der Waals surface area contributed by atoms with Crippen LogP contribution in [0.25, 0.3) is 0 Å². The number of nitrogens with zero attached hydrogens (tertiary/aromatic N) is 1. The zero-order valence-electron chi connectivity index (χ0n) is 5.81. The molecule has 0 spiro atoms. The summed E-state index contributed by atoms with van der Waals surface area (Å²) in [6, 6.07) is 2.02. The highest BCUT2D eigenvalue weighted by molar-refractivity contribution is 14.1. The van der Waals surface area contributed by atoms with E-state index in [-0.39, 0.29) is 4.83 Å². The third-order valence-electron chi connectivity index (χ3n) is 1.26. The molecule has 60 valence electrons. The van der Waals surface area contributed by atoms with Crippen LogP contribution in [-0.2, 0) is 0 Å². The Morgan fingerprint density at radius 3 is 2.82 bits per heavy atom. The molecule has 1 atom stereocenters. The summed E-state index contributed by atoms with van der Waals surface area (Å²) >= 11 is 11.5. The molecule has 1 unspecified atom stereocenters. The second-order valence-electron chi connectivity index (χ2n) is 2.15. The number of hydrogen-bond donors (Lipinski definition) is 0. The van der Waals surface area contributed by atoms with Gasteiger partial charge in [0.05, 0.1) is 0 Å². The highest BCUT2D eigenvalue weighted by Gasteiger charge is 2.06. The number of rotatable bonds is 1. The summed E-state index contributed by atoms with van der Waals surface area (Å²) in [5.74, 6) is 0. The molecule has 0 fully saturated rings. The topological polar surface area (TPSA) is 12.9 Å².